The van der Waals surface area contributed by atoms with E-state index in [4.69, 9.17) is 11.6 Å². The standard InChI is InChI=1S/C24H23ClN2O3/c25-17-8-4-5-9-18(17)26-22(28)19(12-14-6-2-1-3-7-14)27-23(29)20-15-10-11-16(13-15)21(20)24(27)30/h1-9,15-16,19-21H,10-13H2,(H,26,28)/t15-,16-,19+,20-,21+/m1/s1. The summed E-state index contributed by atoms with van der Waals surface area (Å²) in [5.41, 5.74) is 1.37. The van der Waals surface area contributed by atoms with Gasteiger partial charge in [0.05, 0.1) is 22.5 Å². The smallest absolute Gasteiger partial charge is 0.248 e. The summed E-state index contributed by atoms with van der Waals surface area (Å²) >= 11 is 6.21. The maximum Gasteiger partial charge on any atom is 0.248 e. The topological polar surface area (TPSA) is 66.5 Å². The number of hydrogen-bond acceptors (Lipinski definition) is 3. The van der Waals surface area contributed by atoms with Crippen molar-refractivity contribution in [3.63, 3.8) is 0 Å². The van der Waals surface area contributed by atoms with E-state index in [1.54, 1.807) is 24.3 Å². The Bertz CT molecular complexity index is 981. The van der Waals surface area contributed by atoms with Crippen LogP contribution >= 0.6 is 11.6 Å². The van der Waals surface area contributed by atoms with Crippen LogP contribution in [0.25, 0.3) is 0 Å². The molecule has 0 spiro atoms. The molecule has 6 heteroatoms. The van der Waals surface area contributed by atoms with Gasteiger partial charge in [0.15, 0.2) is 0 Å². The lowest BCUT2D eigenvalue weighted by Crippen LogP contribution is -2.49. The summed E-state index contributed by atoms with van der Waals surface area (Å²) in [5, 5.41) is 3.25. The van der Waals surface area contributed by atoms with Gasteiger partial charge >= 0.3 is 0 Å². The second kappa shape index (κ2) is 7.55. The third-order valence-electron chi connectivity index (χ3n) is 6.98. The van der Waals surface area contributed by atoms with E-state index in [0.717, 1.165) is 24.8 Å². The van der Waals surface area contributed by atoms with Gasteiger partial charge in [0.2, 0.25) is 17.7 Å². The Hall–Kier alpha value is -2.66. The van der Waals surface area contributed by atoms with Gasteiger partial charge in [-0.15, -0.1) is 0 Å². The Balaban J connectivity index is 1.47. The van der Waals surface area contributed by atoms with Crippen LogP contribution in [-0.4, -0.2) is 28.7 Å². The molecule has 0 aromatic heterocycles. The number of anilines is 1. The molecule has 0 unspecified atom stereocenters. The average Bonchev–Trinajstić information content (AvgIpc) is 3.43. The maximum absolute atomic E-state index is 13.3. The maximum atomic E-state index is 13.3. The Morgan fingerprint density at radius 1 is 0.967 bits per heavy atom. The summed E-state index contributed by atoms with van der Waals surface area (Å²) in [6.45, 7) is 0. The van der Waals surface area contributed by atoms with Gasteiger partial charge < -0.3 is 5.32 Å². The molecule has 30 heavy (non-hydrogen) atoms. The number of carbonyl (C=O) groups excluding carboxylic acids is 3. The van der Waals surface area contributed by atoms with Crippen LogP contribution in [0.15, 0.2) is 54.6 Å². The number of fused-ring (bicyclic) bond motifs is 5. The van der Waals surface area contributed by atoms with Crippen LogP contribution in [0.4, 0.5) is 5.69 Å². The van der Waals surface area contributed by atoms with Crippen LogP contribution in [0.3, 0.4) is 0 Å². The number of nitrogens with one attached hydrogen (secondary N) is 1. The molecule has 154 valence electrons. The molecule has 5 nitrogen and oxygen atoms in total. The van der Waals surface area contributed by atoms with Gasteiger partial charge in [-0.2, -0.15) is 0 Å². The van der Waals surface area contributed by atoms with E-state index in [-0.39, 0.29) is 47.8 Å². The number of nitrogens with zero attached hydrogens (tertiary/aromatic N) is 1. The SMILES string of the molecule is O=C(Nc1ccccc1Cl)[C@H](Cc1ccccc1)N1C(=O)[C@@H]2[C@@H]3CC[C@H](C3)[C@@H]2C1=O. The van der Waals surface area contributed by atoms with Crippen molar-refractivity contribution in [1.29, 1.82) is 0 Å². The molecule has 3 amide bonds. The van der Waals surface area contributed by atoms with Gasteiger partial charge in [-0.25, -0.2) is 0 Å². The third kappa shape index (κ3) is 3.12. The fraction of sp³-hybridized carbons (Fsp3) is 0.375. The monoisotopic (exact) mass is 422 g/mol. The molecule has 0 radical (unpaired) electrons. The van der Waals surface area contributed by atoms with E-state index in [1.165, 1.54) is 4.90 Å². The summed E-state index contributed by atoms with van der Waals surface area (Å²) in [4.78, 5) is 41.3. The number of amides is 3. The van der Waals surface area contributed by atoms with Crippen molar-refractivity contribution in [2.75, 3.05) is 5.32 Å². The molecule has 1 N–H and O–H groups in total. The molecule has 1 aliphatic heterocycles. The van der Waals surface area contributed by atoms with Crippen LogP contribution in [0.1, 0.15) is 24.8 Å². The summed E-state index contributed by atoms with van der Waals surface area (Å²) in [7, 11) is 0. The fourth-order valence-corrected chi connectivity index (χ4v) is 5.84. The van der Waals surface area contributed by atoms with Gasteiger partial charge in [0, 0.05) is 6.42 Å². The number of rotatable bonds is 5. The van der Waals surface area contributed by atoms with Crippen molar-refractivity contribution in [1.82, 2.24) is 4.90 Å². The highest BCUT2D eigenvalue weighted by Gasteiger charge is 2.62. The van der Waals surface area contributed by atoms with Gasteiger partial charge in [-0.1, -0.05) is 54.1 Å². The van der Waals surface area contributed by atoms with E-state index in [0.29, 0.717) is 10.7 Å². The van der Waals surface area contributed by atoms with Crippen LogP contribution in [0, 0.1) is 23.7 Å². The molecule has 3 aliphatic rings. The van der Waals surface area contributed by atoms with Gasteiger partial charge in [0.25, 0.3) is 0 Å². The predicted molar refractivity (Wildman–Crippen MR) is 114 cm³/mol. The zero-order valence-electron chi connectivity index (χ0n) is 16.5. The van der Waals surface area contributed by atoms with Crippen LogP contribution < -0.4 is 5.32 Å². The first-order valence-electron chi connectivity index (χ1n) is 10.5. The molecule has 2 aliphatic carbocycles. The highest BCUT2D eigenvalue weighted by atomic mass is 35.5. The Morgan fingerprint density at radius 3 is 2.20 bits per heavy atom. The minimum absolute atomic E-state index is 0.174. The highest BCUT2D eigenvalue weighted by Crippen LogP contribution is 2.56. The first-order valence-corrected chi connectivity index (χ1v) is 10.9. The van der Waals surface area contributed by atoms with Crippen LogP contribution in [-0.2, 0) is 20.8 Å². The van der Waals surface area contributed by atoms with E-state index in [9.17, 15) is 14.4 Å². The molecular formula is C24H23ClN2O3. The lowest BCUT2D eigenvalue weighted by atomic mass is 9.81. The van der Waals surface area contributed by atoms with Gasteiger partial charge in [0.1, 0.15) is 6.04 Å². The summed E-state index contributed by atoms with van der Waals surface area (Å²) in [6.07, 6.45) is 3.26. The number of benzene rings is 2. The quantitative estimate of drug-likeness (QED) is 0.742. The molecule has 5 rings (SSSR count). The fourth-order valence-electron chi connectivity index (χ4n) is 5.66. The van der Waals surface area contributed by atoms with E-state index in [2.05, 4.69) is 5.32 Å². The lowest BCUT2D eigenvalue weighted by molar-refractivity contribution is -0.147. The molecule has 2 aromatic carbocycles. The van der Waals surface area contributed by atoms with Crippen molar-refractivity contribution < 1.29 is 14.4 Å². The first kappa shape index (κ1) is 19.3. The minimum atomic E-state index is -0.895. The van der Waals surface area contributed by atoms with Crippen molar-refractivity contribution >= 4 is 35.0 Å². The molecule has 5 atom stereocenters. The Morgan fingerprint density at radius 2 is 1.57 bits per heavy atom. The lowest BCUT2D eigenvalue weighted by Gasteiger charge is -2.27. The molecule has 3 fully saturated rings. The average molecular weight is 423 g/mol. The third-order valence-corrected chi connectivity index (χ3v) is 7.31. The highest BCUT2D eigenvalue weighted by molar-refractivity contribution is 6.33. The summed E-state index contributed by atoms with van der Waals surface area (Å²) < 4.78 is 0. The molecule has 1 saturated heterocycles. The number of carbonyl (C=O) groups is 3. The molecule has 2 saturated carbocycles. The second-order valence-electron chi connectivity index (χ2n) is 8.61. The van der Waals surface area contributed by atoms with E-state index in [1.807, 2.05) is 30.3 Å². The largest absolute Gasteiger partial charge is 0.323 e. The number of imide groups is 1. The Kier molecular flexibility index (Phi) is 4.86. The van der Waals surface area contributed by atoms with Gasteiger partial charge in [-0.3, -0.25) is 19.3 Å². The second-order valence-corrected chi connectivity index (χ2v) is 9.01. The number of halogens is 1. The molecule has 2 aromatic rings. The predicted octanol–water partition coefficient (Wildman–Crippen LogP) is 3.92. The molecule has 1 heterocycles. The van der Waals surface area contributed by atoms with Crippen molar-refractivity contribution in [3.8, 4) is 0 Å². The zero-order chi connectivity index (χ0) is 20.8. The van der Waals surface area contributed by atoms with Gasteiger partial charge in [-0.05, 0) is 48.8 Å². The normalized spacial score (nSPS) is 28.0. The first-order chi connectivity index (χ1) is 14.5. The van der Waals surface area contributed by atoms with Crippen molar-refractivity contribution in [2.24, 2.45) is 23.7 Å². The Labute approximate surface area is 180 Å². The molecular weight excluding hydrogens is 400 g/mol. The number of para-hydroxylation sites is 1. The van der Waals surface area contributed by atoms with E-state index >= 15 is 0 Å². The minimum Gasteiger partial charge on any atom is -0.323 e. The zero-order valence-corrected chi connectivity index (χ0v) is 17.2. The summed E-state index contributed by atoms with van der Waals surface area (Å²) in [5.74, 6) is -0.665. The van der Waals surface area contributed by atoms with Crippen LogP contribution in [0.2, 0.25) is 5.02 Å². The number of likely N-dealkylation sites (tertiary alicyclic amines) is 1. The number of hydrogen-bond donors (Lipinski definition) is 1. The van der Waals surface area contributed by atoms with Crippen molar-refractivity contribution in [2.45, 2.75) is 31.7 Å². The van der Waals surface area contributed by atoms with Crippen molar-refractivity contribution in [3.05, 3.63) is 65.2 Å². The van der Waals surface area contributed by atoms with E-state index < -0.39 is 6.04 Å². The molecule has 2 bridgehead atoms. The summed E-state index contributed by atoms with van der Waals surface area (Å²) in [6, 6.07) is 15.6. The van der Waals surface area contributed by atoms with Crippen LogP contribution in [0.5, 0.6) is 0 Å².